The fourth-order valence-electron chi connectivity index (χ4n) is 1.50. The molecule has 92 valence electrons. The van der Waals surface area contributed by atoms with Crippen LogP contribution in [-0.4, -0.2) is 11.1 Å². The largest absolute Gasteiger partial charge is 0.444 e. The van der Waals surface area contributed by atoms with Crippen LogP contribution in [0.3, 0.4) is 0 Å². The standard InChI is InChI=1S/C14H14N2O2/c1-11-9-13(7-8-15-11)16-14(17)18-10-12-5-3-2-4-6-12/h2-9H,10H2,1H3,(H,15,16,17). The highest BCUT2D eigenvalue weighted by atomic mass is 16.5. The highest BCUT2D eigenvalue weighted by molar-refractivity contribution is 5.84. The number of rotatable bonds is 3. The van der Waals surface area contributed by atoms with Gasteiger partial charge in [0.2, 0.25) is 0 Å². The Kier molecular flexibility index (Phi) is 3.91. The summed E-state index contributed by atoms with van der Waals surface area (Å²) >= 11 is 0. The molecule has 0 aliphatic heterocycles. The van der Waals surface area contributed by atoms with Crippen LogP contribution in [0.15, 0.2) is 48.7 Å². The van der Waals surface area contributed by atoms with Gasteiger partial charge < -0.3 is 4.74 Å². The van der Waals surface area contributed by atoms with E-state index in [1.165, 1.54) is 0 Å². The molecule has 0 aliphatic carbocycles. The number of ether oxygens (including phenoxy) is 1. The van der Waals surface area contributed by atoms with Crippen molar-refractivity contribution < 1.29 is 9.53 Å². The van der Waals surface area contributed by atoms with Crippen molar-refractivity contribution in [3.05, 3.63) is 59.9 Å². The molecule has 2 rings (SSSR count). The minimum Gasteiger partial charge on any atom is -0.444 e. The molecule has 0 saturated heterocycles. The van der Waals surface area contributed by atoms with Gasteiger partial charge in [-0.25, -0.2) is 4.79 Å². The SMILES string of the molecule is Cc1cc(NC(=O)OCc2ccccc2)ccn1. The number of hydrogen-bond donors (Lipinski definition) is 1. The number of nitrogens with one attached hydrogen (secondary N) is 1. The zero-order chi connectivity index (χ0) is 12.8. The Bertz CT molecular complexity index is 526. The average Bonchev–Trinajstić information content (AvgIpc) is 2.38. The van der Waals surface area contributed by atoms with Crippen LogP contribution >= 0.6 is 0 Å². The number of aryl methyl sites for hydroxylation is 1. The van der Waals surface area contributed by atoms with Gasteiger partial charge in [-0.2, -0.15) is 0 Å². The Morgan fingerprint density at radius 3 is 2.78 bits per heavy atom. The molecule has 18 heavy (non-hydrogen) atoms. The van der Waals surface area contributed by atoms with E-state index >= 15 is 0 Å². The summed E-state index contributed by atoms with van der Waals surface area (Å²) in [6.07, 6.45) is 1.17. The average molecular weight is 242 g/mol. The van der Waals surface area contributed by atoms with Crippen molar-refractivity contribution in [2.75, 3.05) is 5.32 Å². The number of benzene rings is 1. The summed E-state index contributed by atoms with van der Waals surface area (Å²) in [6, 6.07) is 13.0. The van der Waals surface area contributed by atoms with Crippen LogP contribution in [0.4, 0.5) is 10.5 Å². The first-order chi connectivity index (χ1) is 8.74. The zero-order valence-electron chi connectivity index (χ0n) is 10.1. The maximum absolute atomic E-state index is 11.5. The topological polar surface area (TPSA) is 51.2 Å². The van der Waals surface area contributed by atoms with Crippen LogP contribution in [0.25, 0.3) is 0 Å². The van der Waals surface area contributed by atoms with Crippen LogP contribution in [-0.2, 0) is 11.3 Å². The normalized spacial score (nSPS) is 9.83. The molecule has 0 aliphatic rings. The highest BCUT2D eigenvalue weighted by Gasteiger charge is 2.03. The molecule has 0 bridgehead atoms. The summed E-state index contributed by atoms with van der Waals surface area (Å²) < 4.78 is 5.10. The fraction of sp³-hybridized carbons (Fsp3) is 0.143. The van der Waals surface area contributed by atoms with E-state index in [9.17, 15) is 4.79 Å². The van der Waals surface area contributed by atoms with Gasteiger partial charge in [-0.05, 0) is 24.6 Å². The molecule has 1 amide bonds. The van der Waals surface area contributed by atoms with Gasteiger partial charge in [0.15, 0.2) is 0 Å². The van der Waals surface area contributed by atoms with Gasteiger partial charge in [-0.15, -0.1) is 0 Å². The number of pyridine rings is 1. The van der Waals surface area contributed by atoms with E-state index < -0.39 is 6.09 Å². The number of anilines is 1. The minimum absolute atomic E-state index is 0.261. The summed E-state index contributed by atoms with van der Waals surface area (Å²) in [4.78, 5) is 15.6. The van der Waals surface area contributed by atoms with Crippen molar-refractivity contribution in [1.29, 1.82) is 0 Å². The Hall–Kier alpha value is -2.36. The number of hydrogen-bond acceptors (Lipinski definition) is 3. The Labute approximate surface area is 106 Å². The van der Waals surface area contributed by atoms with E-state index in [2.05, 4.69) is 10.3 Å². The van der Waals surface area contributed by atoms with Crippen LogP contribution in [0, 0.1) is 6.92 Å². The van der Waals surface area contributed by atoms with Gasteiger partial charge in [0.05, 0.1) is 0 Å². The molecule has 0 spiro atoms. The van der Waals surface area contributed by atoms with Crippen molar-refractivity contribution in [2.24, 2.45) is 0 Å². The number of amides is 1. The second-order valence-corrected chi connectivity index (χ2v) is 3.87. The van der Waals surface area contributed by atoms with E-state index in [-0.39, 0.29) is 6.61 Å². The lowest BCUT2D eigenvalue weighted by molar-refractivity contribution is 0.155. The van der Waals surface area contributed by atoms with E-state index in [0.717, 1.165) is 11.3 Å². The molecule has 1 aromatic heterocycles. The monoisotopic (exact) mass is 242 g/mol. The maximum Gasteiger partial charge on any atom is 0.411 e. The molecule has 1 N–H and O–H groups in total. The van der Waals surface area contributed by atoms with Crippen molar-refractivity contribution in [1.82, 2.24) is 4.98 Å². The second-order valence-electron chi connectivity index (χ2n) is 3.87. The van der Waals surface area contributed by atoms with Crippen molar-refractivity contribution in [3.63, 3.8) is 0 Å². The van der Waals surface area contributed by atoms with Crippen molar-refractivity contribution >= 4 is 11.8 Å². The third-order valence-electron chi connectivity index (χ3n) is 2.36. The Morgan fingerprint density at radius 2 is 2.06 bits per heavy atom. The lowest BCUT2D eigenvalue weighted by Gasteiger charge is -2.07. The predicted octanol–water partition coefficient (Wildman–Crippen LogP) is 3.14. The molecule has 0 unspecified atom stereocenters. The number of carbonyl (C=O) groups excluding carboxylic acids is 1. The number of carbonyl (C=O) groups is 1. The fourth-order valence-corrected chi connectivity index (χ4v) is 1.50. The van der Waals surface area contributed by atoms with Gasteiger partial charge in [-0.1, -0.05) is 30.3 Å². The molecular weight excluding hydrogens is 228 g/mol. The molecular formula is C14H14N2O2. The third kappa shape index (κ3) is 3.59. The number of nitrogens with zero attached hydrogens (tertiary/aromatic N) is 1. The second kappa shape index (κ2) is 5.82. The molecule has 0 atom stereocenters. The smallest absolute Gasteiger partial charge is 0.411 e. The molecule has 0 saturated carbocycles. The van der Waals surface area contributed by atoms with Crippen LogP contribution < -0.4 is 5.32 Å². The summed E-state index contributed by atoms with van der Waals surface area (Å²) in [5.41, 5.74) is 2.48. The maximum atomic E-state index is 11.5. The van der Waals surface area contributed by atoms with E-state index in [0.29, 0.717) is 5.69 Å². The molecule has 0 fully saturated rings. The molecule has 4 heteroatoms. The van der Waals surface area contributed by atoms with Gasteiger partial charge >= 0.3 is 6.09 Å². The van der Waals surface area contributed by atoms with Gasteiger partial charge in [0.1, 0.15) is 6.61 Å². The summed E-state index contributed by atoms with van der Waals surface area (Å²) in [6.45, 7) is 2.12. The first-order valence-electron chi connectivity index (χ1n) is 5.64. The Morgan fingerprint density at radius 1 is 1.28 bits per heavy atom. The number of aromatic nitrogens is 1. The molecule has 1 heterocycles. The third-order valence-corrected chi connectivity index (χ3v) is 2.36. The van der Waals surface area contributed by atoms with Crippen LogP contribution in [0.1, 0.15) is 11.3 Å². The lowest BCUT2D eigenvalue weighted by atomic mass is 10.2. The first-order valence-corrected chi connectivity index (χ1v) is 5.64. The first kappa shape index (κ1) is 12.1. The summed E-state index contributed by atoms with van der Waals surface area (Å²) in [7, 11) is 0. The summed E-state index contributed by atoms with van der Waals surface area (Å²) in [5.74, 6) is 0. The van der Waals surface area contributed by atoms with E-state index in [1.54, 1.807) is 18.3 Å². The molecule has 2 aromatic rings. The molecule has 1 aromatic carbocycles. The van der Waals surface area contributed by atoms with Crippen LogP contribution in [0.5, 0.6) is 0 Å². The zero-order valence-corrected chi connectivity index (χ0v) is 10.1. The quantitative estimate of drug-likeness (QED) is 0.899. The minimum atomic E-state index is -0.468. The van der Waals surface area contributed by atoms with Crippen molar-refractivity contribution in [2.45, 2.75) is 13.5 Å². The Balaban J connectivity index is 1.86. The van der Waals surface area contributed by atoms with Crippen LogP contribution in [0.2, 0.25) is 0 Å². The van der Waals surface area contributed by atoms with Crippen molar-refractivity contribution in [3.8, 4) is 0 Å². The van der Waals surface area contributed by atoms with Gasteiger partial charge in [0, 0.05) is 17.6 Å². The highest BCUT2D eigenvalue weighted by Crippen LogP contribution is 2.08. The molecule has 4 nitrogen and oxygen atoms in total. The predicted molar refractivity (Wildman–Crippen MR) is 69.2 cm³/mol. The van der Waals surface area contributed by atoms with Gasteiger partial charge in [0.25, 0.3) is 0 Å². The van der Waals surface area contributed by atoms with Gasteiger partial charge in [-0.3, -0.25) is 10.3 Å². The lowest BCUT2D eigenvalue weighted by Crippen LogP contribution is -2.13. The van der Waals surface area contributed by atoms with E-state index in [4.69, 9.17) is 4.74 Å². The summed E-state index contributed by atoms with van der Waals surface area (Å²) in [5, 5.41) is 2.65. The van der Waals surface area contributed by atoms with E-state index in [1.807, 2.05) is 37.3 Å². The molecule has 0 radical (unpaired) electrons.